The number of amides is 6. The Balaban J connectivity index is 0.000000135. The number of hydrogen-bond donors (Lipinski definition) is 10. The minimum Gasteiger partial charge on any atom is -0.368 e. The number of H-pyrrole nitrogens is 3. The number of carbonyl (C=O) groups excluding carboxylic acids is 3. The van der Waals surface area contributed by atoms with E-state index in [1.54, 1.807) is 57.4 Å². The molecule has 6 amide bonds. The number of imidazole rings is 3. The number of nitrogens with one attached hydrogen (secondary N) is 9. The number of likely N-dealkylation sites (tertiary alicyclic amines) is 1. The fraction of sp³-hybridized carbons (Fsp3) is 0.203. The summed E-state index contributed by atoms with van der Waals surface area (Å²) in [4.78, 5) is 78.1. The molecular weight excluding hydrogens is 1090 g/mol. The van der Waals surface area contributed by atoms with Crippen LogP contribution in [0.15, 0.2) is 147 Å². The number of piperidine rings is 1. The lowest BCUT2D eigenvalue weighted by atomic mass is 10.1. The Kier molecular flexibility index (Phi) is 17.3. The van der Waals surface area contributed by atoms with Crippen LogP contribution in [0.25, 0.3) is 83.5 Å². The zero-order valence-corrected chi connectivity index (χ0v) is 47.3. The summed E-state index contributed by atoms with van der Waals surface area (Å²) in [7, 11) is 0. The molecule has 13 rings (SSSR count). The van der Waals surface area contributed by atoms with Crippen molar-refractivity contribution in [3.8, 4) is 50.4 Å². The van der Waals surface area contributed by atoms with Crippen molar-refractivity contribution in [1.29, 1.82) is 0 Å². The van der Waals surface area contributed by atoms with Crippen LogP contribution < -0.4 is 37.6 Å². The van der Waals surface area contributed by atoms with Gasteiger partial charge in [-0.05, 0) is 130 Å². The maximum Gasteiger partial charge on any atom is 0.321 e. The molecule has 1 fully saturated rings. The first-order chi connectivity index (χ1) is 42.1. The predicted octanol–water partition coefficient (Wildman–Crippen LogP) is 8.82. The molecule has 1 aliphatic heterocycles. The summed E-state index contributed by atoms with van der Waals surface area (Å²) < 4.78 is 5.24. The molecule has 12 aromatic rings. The van der Waals surface area contributed by atoms with Crippen LogP contribution in [-0.2, 0) is 6.54 Å². The van der Waals surface area contributed by atoms with Crippen LogP contribution in [0, 0.1) is 0 Å². The van der Waals surface area contributed by atoms with Crippen molar-refractivity contribution in [2.75, 3.05) is 54.4 Å². The molecule has 436 valence electrons. The number of aromatic nitrogens is 16. The van der Waals surface area contributed by atoms with E-state index in [0.29, 0.717) is 48.5 Å². The van der Waals surface area contributed by atoms with Gasteiger partial charge in [0, 0.05) is 111 Å². The number of nitrogen functional groups attached to an aromatic ring is 1. The van der Waals surface area contributed by atoms with Crippen LogP contribution in [0.1, 0.15) is 45.7 Å². The molecule has 0 atom stereocenters. The number of rotatable bonds is 14. The molecule has 0 unspecified atom stereocenters. The first-order valence-corrected chi connectivity index (χ1v) is 28.0. The van der Waals surface area contributed by atoms with Gasteiger partial charge in [-0.1, -0.05) is 18.6 Å². The first-order valence-electron chi connectivity index (χ1n) is 28.0. The summed E-state index contributed by atoms with van der Waals surface area (Å²) in [5.41, 5.74) is 19.1. The Morgan fingerprint density at radius 1 is 0.488 bits per heavy atom. The normalized spacial score (nSPS) is 12.2. The Bertz CT molecular complexity index is 4210. The maximum atomic E-state index is 12.0. The number of nitrogens with two attached hydrogens (primary N) is 1. The quantitative estimate of drug-likeness (QED) is 0.0486. The minimum absolute atomic E-state index is 0.210. The van der Waals surface area contributed by atoms with E-state index < -0.39 is 0 Å². The number of benzene rings is 3. The van der Waals surface area contributed by atoms with Gasteiger partial charge in [-0.25, -0.2) is 53.3 Å². The third-order valence-corrected chi connectivity index (χ3v) is 13.7. The summed E-state index contributed by atoms with van der Waals surface area (Å²) in [6, 6.07) is 24.6. The Morgan fingerprint density at radius 3 is 1.30 bits per heavy atom. The average molecular weight is 1160 g/mol. The molecule has 1 aliphatic rings. The van der Waals surface area contributed by atoms with Crippen molar-refractivity contribution in [3.63, 3.8) is 0 Å². The third-order valence-electron chi connectivity index (χ3n) is 13.7. The van der Waals surface area contributed by atoms with E-state index in [4.69, 9.17) is 10.7 Å². The van der Waals surface area contributed by atoms with Gasteiger partial charge < -0.3 is 36.6 Å². The number of urea groups is 3. The zero-order valence-electron chi connectivity index (χ0n) is 47.3. The summed E-state index contributed by atoms with van der Waals surface area (Å²) in [6.07, 6.45) is 23.3. The molecule has 11 N–H and O–H groups in total. The van der Waals surface area contributed by atoms with E-state index in [2.05, 4.69) is 109 Å². The molecule has 27 nitrogen and oxygen atoms in total. The molecule has 86 heavy (non-hydrogen) atoms. The highest BCUT2D eigenvalue weighted by molar-refractivity contribution is 5.97. The van der Waals surface area contributed by atoms with E-state index in [9.17, 15) is 14.4 Å². The van der Waals surface area contributed by atoms with Crippen molar-refractivity contribution >= 4 is 75.0 Å². The summed E-state index contributed by atoms with van der Waals surface area (Å²) in [6.45, 7) is 10.4. The lowest BCUT2D eigenvalue weighted by Crippen LogP contribution is -2.29. The molecule has 0 saturated carbocycles. The van der Waals surface area contributed by atoms with Crippen molar-refractivity contribution in [2.45, 2.75) is 46.6 Å². The molecule has 0 spiro atoms. The highest BCUT2D eigenvalue weighted by Gasteiger charge is 2.19. The molecule has 9 aromatic heterocycles. The molecule has 3 aromatic carbocycles. The zero-order chi connectivity index (χ0) is 59.4. The van der Waals surface area contributed by atoms with Gasteiger partial charge in [0.2, 0.25) is 23.8 Å². The fourth-order valence-corrected chi connectivity index (χ4v) is 9.73. The number of fused-ring (bicyclic) bond motifs is 3. The lowest BCUT2D eigenvalue weighted by Gasteiger charge is -2.25. The number of aromatic amines is 3. The van der Waals surface area contributed by atoms with Crippen LogP contribution in [0.5, 0.6) is 0 Å². The average Bonchev–Trinajstić information content (AvgIpc) is 2.41. The number of anilines is 4. The molecule has 0 radical (unpaired) electrons. The highest BCUT2D eigenvalue weighted by Crippen LogP contribution is 2.33. The topological polar surface area (TPSA) is 344 Å². The summed E-state index contributed by atoms with van der Waals surface area (Å²) in [5, 5.41) is 29.2. The number of nitrogens with zero attached hydrogens (tertiary/aromatic N) is 14. The molecule has 0 bridgehead atoms. The highest BCUT2D eigenvalue weighted by atomic mass is 16.2. The Labute approximate surface area is 491 Å². The largest absolute Gasteiger partial charge is 0.368 e. The van der Waals surface area contributed by atoms with Crippen LogP contribution >= 0.6 is 0 Å². The second-order valence-electron chi connectivity index (χ2n) is 19.7. The van der Waals surface area contributed by atoms with Crippen LogP contribution in [0.4, 0.5) is 38.2 Å². The van der Waals surface area contributed by atoms with Crippen LogP contribution in [0.2, 0.25) is 0 Å². The third kappa shape index (κ3) is 13.4. The van der Waals surface area contributed by atoms with Crippen molar-refractivity contribution in [3.05, 3.63) is 153 Å². The lowest BCUT2D eigenvalue weighted by molar-refractivity contribution is 0.218. The molecular formula is C59H62N24O3. The van der Waals surface area contributed by atoms with Gasteiger partial charge in [0.15, 0.2) is 0 Å². The predicted molar refractivity (Wildman–Crippen MR) is 329 cm³/mol. The Morgan fingerprint density at radius 2 is 0.919 bits per heavy atom. The number of pyridine rings is 2. The van der Waals surface area contributed by atoms with Gasteiger partial charge in [0.1, 0.15) is 16.6 Å². The van der Waals surface area contributed by atoms with Gasteiger partial charge in [-0.2, -0.15) is 15.3 Å². The Hall–Kier alpha value is -11.4. The first kappa shape index (κ1) is 56.5. The van der Waals surface area contributed by atoms with Gasteiger partial charge in [-0.3, -0.25) is 30.8 Å². The maximum absolute atomic E-state index is 12.0. The standard InChI is InChI=1S/C24H28N8O.C18H17N7O.C17H17N9O/c1-2-25-24(33)30-23-28-20-13-18(14-21(22(20)29-23)32-12-6-9-27-32)17-7-8-19(26-15-17)16-31-10-4-3-5-11-31;1-2-20-18(26)24-17-22-14-9-13(12-5-3-6-19-11-12)10-15(16(14)23-17)25-8-4-7-21-25;1-2-19-17(27)25-16-23-12-6-10(11-8-20-15(18)21-9-11)7-13(14(12)24-16)26-5-3-4-22-26/h6-9,12-15H,2-5,10-11,16H2,1H3,(H3,25,28,29,30,33);3-11H,2H2,1H3,(H3,20,22,23,24,26);3-9H,2H2,1H3,(H2,18,20,21)(H3,19,23,24,25,27). The molecule has 0 aliphatic carbocycles. The number of carbonyl (C=O) groups is 3. The monoisotopic (exact) mass is 1150 g/mol. The van der Waals surface area contributed by atoms with Gasteiger partial charge in [0.25, 0.3) is 0 Å². The van der Waals surface area contributed by atoms with Crippen LogP contribution in [0.3, 0.4) is 0 Å². The smallest absolute Gasteiger partial charge is 0.321 e. The van der Waals surface area contributed by atoms with Crippen molar-refractivity contribution in [2.24, 2.45) is 0 Å². The van der Waals surface area contributed by atoms with Crippen LogP contribution in [-0.4, -0.2) is 135 Å². The van der Waals surface area contributed by atoms with Crippen molar-refractivity contribution in [1.82, 2.24) is 100 Å². The molecule has 1 saturated heterocycles. The SMILES string of the molecule is CCNC(=O)Nc1nc2c(-n3cccn3)cc(-c3ccc(CN4CCCCC4)nc3)cc2[nH]1.CCNC(=O)Nc1nc2c(-n3cccn3)cc(-c3cccnc3)cc2[nH]1.CCNC(=O)Nc1nc2c(-n3cccn3)cc(-c3cnc(N)nc3)cc2[nH]1. The van der Waals surface area contributed by atoms with E-state index in [1.807, 2.05) is 112 Å². The second kappa shape index (κ2) is 26.3. The fourth-order valence-electron chi connectivity index (χ4n) is 9.73. The molecule has 10 heterocycles. The van der Waals surface area contributed by atoms with Crippen molar-refractivity contribution < 1.29 is 14.4 Å². The van der Waals surface area contributed by atoms with Gasteiger partial charge in [-0.15, -0.1) is 0 Å². The number of hydrogen-bond acceptors (Lipinski definition) is 15. The van der Waals surface area contributed by atoms with E-state index >= 15 is 0 Å². The van der Waals surface area contributed by atoms with E-state index in [1.165, 1.54) is 19.3 Å². The minimum atomic E-state index is -0.329. The second-order valence-corrected chi connectivity index (χ2v) is 19.7. The summed E-state index contributed by atoms with van der Waals surface area (Å²) >= 11 is 0. The van der Waals surface area contributed by atoms with E-state index in [0.717, 1.165) is 97.8 Å². The van der Waals surface area contributed by atoms with Gasteiger partial charge in [0.05, 0.1) is 39.3 Å². The summed E-state index contributed by atoms with van der Waals surface area (Å²) in [5.74, 6) is 1.32. The molecule has 27 heteroatoms. The van der Waals surface area contributed by atoms with Gasteiger partial charge >= 0.3 is 18.1 Å². The van der Waals surface area contributed by atoms with E-state index in [-0.39, 0.29) is 24.0 Å².